The molecule has 1 atom stereocenters. The molecule has 0 radical (unpaired) electrons. The van der Waals surface area contributed by atoms with Gasteiger partial charge in [0.25, 0.3) is 0 Å². The van der Waals surface area contributed by atoms with Crippen LogP contribution >= 0.6 is 0 Å². The topological polar surface area (TPSA) is 30.2 Å². The van der Waals surface area contributed by atoms with Gasteiger partial charge in [-0.25, -0.2) is 0 Å². The van der Waals surface area contributed by atoms with Gasteiger partial charge in [-0.2, -0.15) is 0 Å². The van der Waals surface area contributed by atoms with E-state index >= 15 is 0 Å². The fourth-order valence-electron chi connectivity index (χ4n) is 2.31. The van der Waals surface area contributed by atoms with Crippen LogP contribution in [0, 0.1) is 0 Å². The molecule has 2 nitrogen and oxygen atoms in total. The summed E-state index contributed by atoms with van der Waals surface area (Å²) in [6.45, 7) is 0. The number of hydrogen-bond donors (Lipinski definition) is 0. The van der Waals surface area contributed by atoms with Crippen molar-refractivity contribution in [2.75, 3.05) is 0 Å². The van der Waals surface area contributed by atoms with Crippen molar-refractivity contribution in [2.45, 2.75) is 18.8 Å². The molecule has 0 fully saturated rings. The van der Waals surface area contributed by atoms with E-state index in [4.69, 9.17) is 4.42 Å². The maximum Gasteiger partial charge on any atom is 0.198 e. The summed E-state index contributed by atoms with van der Waals surface area (Å²) in [5, 5.41) is 0. The summed E-state index contributed by atoms with van der Waals surface area (Å²) in [6, 6.07) is 11.8. The van der Waals surface area contributed by atoms with Gasteiger partial charge >= 0.3 is 0 Å². The highest BCUT2D eigenvalue weighted by atomic mass is 16.3. The molecule has 1 aliphatic rings. The van der Waals surface area contributed by atoms with Gasteiger partial charge in [-0.3, -0.25) is 4.79 Å². The molecule has 2 heteroatoms. The largest absolute Gasteiger partial charge is 0.461 e. The molecule has 2 aromatic rings. The molecule has 1 aromatic heterocycles. The smallest absolute Gasteiger partial charge is 0.198 e. The SMILES string of the molecule is O=C(CC1Cc2ccccc21)c1ccco1. The average Bonchev–Trinajstić information content (AvgIpc) is 2.79. The first-order valence-electron chi connectivity index (χ1n) is 5.49. The van der Waals surface area contributed by atoms with Crippen molar-refractivity contribution >= 4 is 5.78 Å². The Hall–Kier alpha value is -1.83. The fraction of sp³-hybridized carbons (Fsp3) is 0.214. The quantitative estimate of drug-likeness (QED) is 0.731. The van der Waals surface area contributed by atoms with Gasteiger partial charge in [0.05, 0.1) is 6.26 Å². The van der Waals surface area contributed by atoms with Crippen molar-refractivity contribution in [3.8, 4) is 0 Å². The van der Waals surface area contributed by atoms with E-state index < -0.39 is 0 Å². The second-order valence-electron chi connectivity index (χ2n) is 4.20. The number of carbonyl (C=O) groups excluding carboxylic acids is 1. The molecule has 80 valence electrons. The molecule has 0 saturated carbocycles. The predicted molar refractivity (Wildman–Crippen MR) is 60.5 cm³/mol. The minimum Gasteiger partial charge on any atom is -0.461 e. The zero-order valence-electron chi connectivity index (χ0n) is 8.85. The number of Topliss-reactive ketones (excluding diaryl/α,β-unsaturated/α-hetero) is 1. The van der Waals surface area contributed by atoms with Crippen LogP contribution in [0.25, 0.3) is 0 Å². The summed E-state index contributed by atoms with van der Waals surface area (Å²) in [6.07, 6.45) is 3.12. The van der Waals surface area contributed by atoms with Gasteiger partial charge in [0, 0.05) is 6.42 Å². The van der Waals surface area contributed by atoms with E-state index in [1.54, 1.807) is 18.4 Å². The molecule has 1 aromatic carbocycles. The Kier molecular flexibility index (Phi) is 2.13. The second-order valence-corrected chi connectivity index (χ2v) is 4.20. The van der Waals surface area contributed by atoms with Gasteiger partial charge < -0.3 is 4.42 Å². The third kappa shape index (κ3) is 1.47. The van der Waals surface area contributed by atoms with Crippen molar-refractivity contribution in [3.05, 3.63) is 59.5 Å². The number of carbonyl (C=O) groups is 1. The molecule has 0 aliphatic heterocycles. The summed E-state index contributed by atoms with van der Waals surface area (Å²) in [7, 11) is 0. The monoisotopic (exact) mass is 212 g/mol. The molecular weight excluding hydrogens is 200 g/mol. The molecule has 1 heterocycles. The van der Waals surface area contributed by atoms with Gasteiger partial charge in [-0.05, 0) is 35.6 Å². The Morgan fingerprint density at radius 3 is 2.88 bits per heavy atom. The van der Waals surface area contributed by atoms with Crippen molar-refractivity contribution < 1.29 is 9.21 Å². The van der Waals surface area contributed by atoms with Crippen molar-refractivity contribution in [2.24, 2.45) is 0 Å². The first-order valence-corrected chi connectivity index (χ1v) is 5.49. The van der Waals surface area contributed by atoms with Crippen LogP contribution in [0.4, 0.5) is 0 Å². The molecule has 1 aliphatic carbocycles. The van der Waals surface area contributed by atoms with E-state index in [1.807, 2.05) is 12.1 Å². The Morgan fingerprint density at radius 2 is 2.12 bits per heavy atom. The predicted octanol–water partition coefficient (Wildman–Crippen LogP) is 3.19. The molecule has 16 heavy (non-hydrogen) atoms. The normalized spacial score (nSPS) is 17.6. The van der Waals surface area contributed by atoms with Crippen LogP contribution in [-0.2, 0) is 6.42 Å². The van der Waals surface area contributed by atoms with E-state index in [2.05, 4.69) is 12.1 Å². The van der Waals surface area contributed by atoms with E-state index in [0.29, 0.717) is 18.1 Å². The third-order valence-electron chi connectivity index (χ3n) is 3.19. The standard InChI is InChI=1S/C14H12O2/c15-13(14-6-3-7-16-14)9-11-8-10-4-1-2-5-12(10)11/h1-7,11H,8-9H2. The highest BCUT2D eigenvalue weighted by Crippen LogP contribution is 2.37. The van der Waals surface area contributed by atoms with Crippen LogP contribution in [0.15, 0.2) is 47.1 Å². The molecule has 1 unspecified atom stereocenters. The van der Waals surface area contributed by atoms with E-state index in [9.17, 15) is 4.79 Å². The van der Waals surface area contributed by atoms with Crippen molar-refractivity contribution in [3.63, 3.8) is 0 Å². The highest BCUT2D eigenvalue weighted by Gasteiger charge is 2.28. The van der Waals surface area contributed by atoms with Crippen LogP contribution in [0.5, 0.6) is 0 Å². The summed E-state index contributed by atoms with van der Waals surface area (Å²) in [5.74, 6) is 0.961. The summed E-state index contributed by atoms with van der Waals surface area (Å²) in [5.41, 5.74) is 2.70. The lowest BCUT2D eigenvalue weighted by atomic mass is 9.75. The van der Waals surface area contributed by atoms with Gasteiger partial charge in [-0.1, -0.05) is 24.3 Å². The van der Waals surface area contributed by atoms with Gasteiger partial charge in [0.15, 0.2) is 11.5 Å². The van der Waals surface area contributed by atoms with Crippen molar-refractivity contribution in [1.29, 1.82) is 0 Å². The maximum absolute atomic E-state index is 11.8. The molecule has 0 saturated heterocycles. The fourth-order valence-corrected chi connectivity index (χ4v) is 2.31. The van der Waals surface area contributed by atoms with E-state index in [0.717, 1.165) is 6.42 Å². The van der Waals surface area contributed by atoms with E-state index in [-0.39, 0.29) is 5.78 Å². The zero-order valence-corrected chi connectivity index (χ0v) is 8.85. The molecule has 3 rings (SSSR count). The van der Waals surface area contributed by atoms with Crippen LogP contribution < -0.4 is 0 Å². The maximum atomic E-state index is 11.8. The number of fused-ring (bicyclic) bond motifs is 1. The van der Waals surface area contributed by atoms with Crippen LogP contribution in [-0.4, -0.2) is 5.78 Å². The summed E-state index contributed by atoms with van der Waals surface area (Å²) in [4.78, 5) is 11.8. The van der Waals surface area contributed by atoms with Crippen LogP contribution in [0.3, 0.4) is 0 Å². The van der Waals surface area contributed by atoms with Crippen LogP contribution in [0.2, 0.25) is 0 Å². The average molecular weight is 212 g/mol. The van der Waals surface area contributed by atoms with Gasteiger partial charge in [0.1, 0.15) is 0 Å². The van der Waals surface area contributed by atoms with Crippen LogP contribution in [0.1, 0.15) is 34.0 Å². The van der Waals surface area contributed by atoms with E-state index in [1.165, 1.54) is 11.1 Å². The number of furan rings is 1. The zero-order chi connectivity index (χ0) is 11.0. The van der Waals surface area contributed by atoms with Gasteiger partial charge in [-0.15, -0.1) is 0 Å². The lowest BCUT2D eigenvalue weighted by Crippen LogP contribution is -2.19. The number of hydrogen-bond acceptors (Lipinski definition) is 2. The lowest BCUT2D eigenvalue weighted by Gasteiger charge is -2.29. The molecule has 0 amide bonds. The molecular formula is C14H12O2. The Labute approximate surface area is 93.9 Å². The first kappa shape index (κ1) is 9.40. The second kappa shape index (κ2) is 3.63. The molecule has 0 spiro atoms. The highest BCUT2D eigenvalue weighted by molar-refractivity contribution is 5.94. The third-order valence-corrected chi connectivity index (χ3v) is 3.19. The first-order chi connectivity index (χ1) is 7.84. The van der Waals surface area contributed by atoms with Gasteiger partial charge in [0.2, 0.25) is 0 Å². The molecule has 0 bridgehead atoms. The summed E-state index contributed by atoms with van der Waals surface area (Å²) >= 11 is 0. The minimum atomic E-state index is 0.101. The number of benzene rings is 1. The lowest BCUT2D eigenvalue weighted by molar-refractivity contribution is 0.0943. The number of rotatable bonds is 3. The Morgan fingerprint density at radius 1 is 1.25 bits per heavy atom. The molecule has 0 N–H and O–H groups in total. The Balaban J connectivity index is 1.73. The number of ketones is 1. The Bertz CT molecular complexity index is 511. The minimum absolute atomic E-state index is 0.101. The summed E-state index contributed by atoms with van der Waals surface area (Å²) < 4.78 is 5.10. The van der Waals surface area contributed by atoms with Crippen molar-refractivity contribution in [1.82, 2.24) is 0 Å².